The van der Waals surface area contributed by atoms with Gasteiger partial charge in [0.25, 0.3) is 0 Å². The predicted molar refractivity (Wildman–Crippen MR) is 73.0 cm³/mol. The van der Waals surface area contributed by atoms with E-state index in [4.69, 9.17) is 11.6 Å². The number of carboxylic acids is 1. The second-order valence-corrected chi connectivity index (χ2v) is 5.00. The average Bonchev–Trinajstić information content (AvgIpc) is 2.73. The number of carboxylic acid groups (broad SMARTS) is 1. The number of hydrogen-bond donors (Lipinski definition) is 1. The van der Waals surface area contributed by atoms with Crippen molar-refractivity contribution in [2.75, 3.05) is 0 Å². The van der Waals surface area contributed by atoms with E-state index in [1.54, 1.807) is 22.9 Å². The van der Waals surface area contributed by atoms with Crippen molar-refractivity contribution in [3.8, 4) is 11.3 Å². The van der Waals surface area contributed by atoms with E-state index in [0.717, 1.165) is 4.47 Å². The summed E-state index contributed by atoms with van der Waals surface area (Å²) >= 11 is 9.43. The molecule has 0 radical (unpaired) electrons. The van der Waals surface area contributed by atoms with Crippen molar-refractivity contribution in [3.05, 3.63) is 39.5 Å². The van der Waals surface area contributed by atoms with Crippen molar-refractivity contribution >= 4 is 33.5 Å². The molecule has 0 saturated carbocycles. The molecule has 0 amide bonds. The monoisotopic (exact) mass is 328 g/mol. The molecular formula is C12H10BrClN2O2. The fourth-order valence-electron chi connectivity index (χ4n) is 1.62. The molecule has 1 aromatic heterocycles. The number of hydrogen-bond acceptors (Lipinski definition) is 2. The maximum atomic E-state index is 11.2. The molecule has 0 fully saturated rings. The third-order valence-corrected chi connectivity index (χ3v) is 3.31. The molecule has 0 unspecified atom stereocenters. The lowest BCUT2D eigenvalue weighted by atomic mass is 10.1. The van der Waals surface area contributed by atoms with Gasteiger partial charge >= 0.3 is 5.97 Å². The Labute approximate surface area is 117 Å². The van der Waals surface area contributed by atoms with Gasteiger partial charge in [-0.1, -0.05) is 33.6 Å². The average molecular weight is 330 g/mol. The van der Waals surface area contributed by atoms with Gasteiger partial charge in [0.15, 0.2) is 0 Å². The molecule has 0 aliphatic carbocycles. The molecule has 1 N–H and O–H groups in total. The zero-order valence-corrected chi connectivity index (χ0v) is 11.9. The van der Waals surface area contributed by atoms with Crippen LogP contribution in [0.1, 0.15) is 17.3 Å². The van der Waals surface area contributed by atoms with Crippen molar-refractivity contribution < 1.29 is 9.90 Å². The van der Waals surface area contributed by atoms with Gasteiger partial charge in [-0.05, 0) is 19.1 Å². The van der Waals surface area contributed by atoms with Crippen LogP contribution in [-0.4, -0.2) is 20.9 Å². The SMILES string of the molecule is CCn1cc(C(=O)O)c(-c2ccc(Br)cc2Cl)n1. The van der Waals surface area contributed by atoms with Gasteiger partial charge in [-0.2, -0.15) is 5.10 Å². The van der Waals surface area contributed by atoms with Crippen molar-refractivity contribution in [3.63, 3.8) is 0 Å². The van der Waals surface area contributed by atoms with E-state index in [2.05, 4.69) is 21.0 Å². The minimum atomic E-state index is -1.01. The molecule has 94 valence electrons. The summed E-state index contributed by atoms with van der Waals surface area (Å²) in [6, 6.07) is 5.27. The first kappa shape index (κ1) is 13.1. The highest BCUT2D eigenvalue weighted by Crippen LogP contribution is 2.31. The van der Waals surface area contributed by atoms with Crippen LogP contribution >= 0.6 is 27.5 Å². The fourth-order valence-corrected chi connectivity index (χ4v) is 2.38. The van der Waals surface area contributed by atoms with Gasteiger partial charge in [0, 0.05) is 22.8 Å². The van der Waals surface area contributed by atoms with Crippen LogP contribution in [0.25, 0.3) is 11.3 Å². The second kappa shape index (κ2) is 5.12. The molecule has 18 heavy (non-hydrogen) atoms. The minimum Gasteiger partial charge on any atom is -0.478 e. The second-order valence-electron chi connectivity index (χ2n) is 3.68. The van der Waals surface area contributed by atoms with Crippen LogP contribution in [0.15, 0.2) is 28.9 Å². The van der Waals surface area contributed by atoms with E-state index >= 15 is 0 Å². The molecule has 0 bridgehead atoms. The number of rotatable bonds is 3. The molecule has 4 nitrogen and oxygen atoms in total. The third-order valence-electron chi connectivity index (χ3n) is 2.50. The first-order valence-electron chi connectivity index (χ1n) is 5.29. The number of aryl methyl sites for hydroxylation is 1. The molecule has 0 saturated heterocycles. The van der Waals surface area contributed by atoms with Crippen LogP contribution in [0.4, 0.5) is 0 Å². The third kappa shape index (κ3) is 2.42. The summed E-state index contributed by atoms with van der Waals surface area (Å²) in [6.45, 7) is 2.50. The summed E-state index contributed by atoms with van der Waals surface area (Å²) in [7, 11) is 0. The van der Waals surface area contributed by atoms with Crippen LogP contribution in [0.2, 0.25) is 5.02 Å². The first-order chi connectivity index (χ1) is 8.52. The highest BCUT2D eigenvalue weighted by atomic mass is 79.9. The van der Waals surface area contributed by atoms with Crippen LogP contribution < -0.4 is 0 Å². The van der Waals surface area contributed by atoms with Crippen molar-refractivity contribution in [2.45, 2.75) is 13.5 Å². The Kier molecular flexibility index (Phi) is 3.73. The summed E-state index contributed by atoms with van der Waals surface area (Å²) in [5.41, 5.74) is 1.16. The summed E-state index contributed by atoms with van der Waals surface area (Å²) in [5, 5.41) is 13.9. The standard InChI is InChI=1S/C12H10BrClN2O2/c1-2-16-6-9(12(17)18)11(15-16)8-4-3-7(13)5-10(8)14/h3-6H,2H2,1H3,(H,17,18). The lowest BCUT2D eigenvalue weighted by Crippen LogP contribution is -1.97. The van der Waals surface area contributed by atoms with Crippen LogP contribution in [-0.2, 0) is 6.54 Å². The number of carbonyl (C=O) groups is 1. The maximum Gasteiger partial charge on any atom is 0.339 e. The van der Waals surface area contributed by atoms with E-state index in [1.807, 2.05) is 6.92 Å². The Bertz CT molecular complexity index is 610. The lowest BCUT2D eigenvalue weighted by molar-refractivity contribution is 0.0697. The van der Waals surface area contributed by atoms with E-state index < -0.39 is 5.97 Å². The number of halogens is 2. The number of aromatic carboxylic acids is 1. The van der Waals surface area contributed by atoms with Gasteiger partial charge in [-0.3, -0.25) is 4.68 Å². The quantitative estimate of drug-likeness (QED) is 0.934. The van der Waals surface area contributed by atoms with Crippen LogP contribution in [0.3, 0.4) is 0 Å². The molecule has 2 aromatic rings. The van der Waals surface area contributed by atoms with Gasteiger partial charge in [0.05, 0.1) is 5.02 Å². The molecule has 2 rings (SSSR count). The lowest BCUT2D eigenvalue weighted by Gasteiger charge is -2.02. The Morgan fingerprint density at radius 1 is 1.56 bits per heavy atom. The van der Waals surface area contributed by atoms with E-state index in [0.29, 0.717) is 22.8 Å². The van der Waals surface area contributed by atoms with Crippen molar-refractivity contribution in [1.29, 1.82) is 0 Å². The van der Waals surface area contributed by atoms with E-state index in [9.17, 15) is 9.90 Å². The van der Waals surface area contributed by atoms with E-state index in [1.165, 1.54) is 6.20 Å². The zero-order chi connectivity index (χ0) is 13.3. The maximum absolute atomic E-state index is 11.2. The number of benzene rings is 1. The first-order valence-corrected chi connectivity index (χ1v) is 6.46. The Balaban J connectivity index is 2.62. The summed E-state index contributed by atoms with van der Waals surface area (Å²) in [6.07, 6.45) is 1.51. The highest BCUT2D eigenvalue weighted by Gasteiger charge is 2.18. The summed E-state index contributed by atoms with van der Waals surface area (Å²) in [4.78, 5) is 11.2. The highest BCUT2D eigenvalue weighted by molar-refractivity contribution is 9.10. The number of aromatic nitrogens is 2. The van der Waals surface area contributed by atoms with Gasteiger partial charge in [0.2, 0.25) is 0 Å². The largest absolute Gasteiger partial charge is 0.478 e. The molecule has 1 heterocycles. The number of nitrogens with zero attached hydrogens (tertiary/aromatic N) is 2. The fraction of sp³-hybridized carbons (Fsp3) is 0.167. The molecule has 6 heteroatoms. The Hall–Kier alpha value is -1.33. The minimum absolute atomic E-state index is 0.154. The molecule has 0 spiro atoms. The zero-order valence-electron chi connectivity index (χ0n) is 9.52. The summed E-state index contributed by atoms with van der Waals surface area (Å²) < 4.78 is 2.42. The van der Waals surface area contributed by atoms with Gasteiger partial charge < -0.3 is 5.11 Å². The Morgan fingerprint density at radius 3 is 2.83 bits per heavy atom. The van der Waals surface area contributed by atoms with E-state index in [-0.39, 0.29) is 5.56 Å². The Morgan fingerprint density at radius 2 is 2.28 bits per heavy atom. The van der Waals surface area contributed by atoms with Crippen molar-refractivity contribution in [2.24, 2.45) is 0 Å². The molecule has 0 atom stereocenters. The van der Waals surface area contributed by atoms with Gasteiger partial charge in [0.1, 0.15) is 11.3 Å². The molecule has 0 aliphatic heterocycles. The predicted octanol–water partition coefficient (Wildman–Crippen LogP) is 3.68. The molecule has 0 aliphatic rings. The van der Waals surface area contributed by atoms with Crippen molar-refractivity contribution in [1.82, 2.24) is 9.78 Å². The van der Waals surface area contributed by atoms with Gasteiger partial charge in [-0.25, -0.2) is 4.79 Å². The topological polar surface area (TPSA) is 55.1 Å². The van der Waals surface area contributed by atoms with Gasteiger partial charge in [-0.15, -0.1) is 0 Å². The smallest absolute Gasteiger partial charge is 0.339 e. The van der Waals surface area contributed by atoms with Crippen LogP contribution in [0, 0.1) is 0 Å². The molecule has 1 aromatic carbocycles. The normalized spacial score (nSPS) is 10.6. The summed E-state index contributed by atoms with van der Waals surface area (Å²) in [5.74, 6) is -1.01. The molecular weight excluding hydrogens is 320 g/mol. The van der Waals surface area contributed by atoms with Crippen LogP contribution in [0.5, 0.6) is 0 Å².